The Kier molecular flexibility index (Phi) is 9.41. The summed E-state index contributed by atoms with van der Waals surface area (Å²) >= 11 is 2.43. The van der Waals surface area contributed by atoms with Crippen LogP contribution in [0.4, 0.5) is 16.4 Å². The summed E-state index contributed by atoms with van der Waals surface area (Å²) in [6, 6.07) is 22.1. The fourth-order valence-electron chi connectivity index (χ4n) is 4.53. The van der Waals surface area contributed by atoms with Gasteiger partial charge in [0.2, 0.25) is 11.8 Å². The van der Waals surface area contributed by atoms with E-state index < -0.39 is 29.7 Å². The Morgan fingerprint density at radius 2 is 1.73 bits per heavy atom. The van der Waals surface area contributed by atoms with Gasteiger partial charge in [-0.05, 0) is 55.0 Å². The van der Waals surface area contributed by atoms with E-state index in [0.29, 0.717) is 16.9 Å². The van der Waals surface area contributed by atoms with Crippen LogP contribution in [0.2, 0.25) is 0 Å². The van der Waals surface area contributed by atoms with Gasteiger partial charge in [0.05, 0.1) is 23.1 Å². The second kappa shape index (κ2) is 13.6. The van der Waals surface area contributed by atoms with Crippen molar-refractivity contribution in [3.63, 3.8) is 0 Å². The molecular weight excluding hydrogens is 603 g/mol. The van der Waals surface area contributed by atoms with Gasteiger partial charge >= 0.3 is 11.9 Å². The van der Waals surface area contributed by atoms with Gasteiger partial charge in [0.25, 0.3) is 5.91 Å². The molecule has 4 aromatic rings. The molecule has 5 rings (SSSR count). The largest absolute Gasteiger partial charge is 0.462 e. The van der Waals surface area contributed by atoms with Crippen molar-refractivity contribution in [3.05, 3.63) is 95.4 Å². The van der Waals surface area contributed by atoms with Gasteiger partial charge in [0.1, 0.15) is 10.6 Å². The van der Waals surface area contributed by atoms with Gasteiger partial charge in [0.15, 0.2) is 6.61 Å². The fraction of sp³-hybridized carbons (Fsp3) is 0.156. The van der Waals surface area contributed by atoms with Crippen LogP contribution in [0.5, 0.6) is 0 Å². The number of anilines is 3. The predicted octanol–water partition coefficient (Wildman–Crippen LogP) is 5.39. The van der Waals surface area contributed by atoms with Crippen molar-refractivity contribution >= 4 is 69.1 Å². The molecule has 12 heteroatoms. The highest BCUT2D eigenvalue weighted by Gasteiger charge is 2.40. The summed E-state index contributed by atoms with van der Waals surface area (Å²) in [5, 5.41) is 4.07. The molecule has 0 spiro atoms. The number of nitrogens with two attached hydrogens (primary N) is 1. The number of nitrogen functional groups attached to an aromatic ring is 1. The molecule has 1 aromatic heterocycles. The van der Waals surface area contributed by atoms with Crippen molar-refractivity contribution < 1.29 is 33.4 Å². The number of carbonyl (C=O) groups excluding carboxylic acids is 5. The smallest absolute Gasteiger partial charge is 0.341 e. The van der Waals surface area contributed by atoms with E-state index in [4.69, 9.17) is 15.2 Å². The molecular formula is C32H27N3O7S2. The van der Waals surface area contributed by atoms with Crippen LogP contribution in [0.1, 0.15) is 34.1 Å². The average Bonchev–Trinajstić information content (AvgIpc) is 3.56. The quantitative estimate of drug-likeness (QED) is 0.134. The Balaban J connectivity index is 1.20. The van der Waals surface area contributed by atoms with Crippen LogP contribution in [0.15, 0.2) is 89.1 Å². The first kappa shape index (κ1) is 30.5. The van der Waals surface area contributed by atoms with Crippen LogP contribution in [-0.4, -0.2) is 48.1 Å². The van der Waals surface area contributed by atoms with Crippen LogP contribution >= 0.6 is 23.1 Å². The summed E-state index contributed by atoms with van der Waals surface area (Å²) in [5.74, 6) is -2.71. The van der Waals surface area contributed by atoms with E-state index in [9.17, 15) is 24.0 Å². The van der Waals surface area contributed by atoms with Gasteiger partial charge < -0.3 is 20.5 Å². The molecule has 1 fully saturated rings. The maximum atomic E-state index is 13.0. The molecule has 0 saturated carbocycles. The number of thiophene rings is 1. The molecule has 1 unspecified atom stereocenters. The Morgan fingerprint density at radius 3 is 2.43 bits per heavy atom. The summed E-state index contributed by atoms with van der Waals surface area (Å²) in [6.07, 6.45) is 0.0339. The van der Waals surface area contributed by atoms with Crippen LogP contribution in [0.25, 0.3) is 11.1 Å². The van der Waals surface area contributed by atoms with E-state index in [1.54, 1.807) is 30.5 Å². The number of hydrogen-bond acceptors (Lipinski definition) is 10. The Hall–Kier alpha value is -4.94. The van der Waals surface area contributed by atoms with E-state index in [0.717, 1.165) is 26.7 Å². The highest BCUT2D eigenvalue weighted by Crippen LogP contribution is 2.37. The molecule has 1 atom stereocenters. The van der Waals surface area contributed by atoms with Gasteiger partial charge in [-0.1, -0.05) is 36.4 Å². The second-order valence-corrected chi connectivity index (χ2v) is 11.7. The van der Waals surface area contributed by atoms with Crippen molar-refractivity contribution in [3.8, 4) is 11.1 Å². The molecule has 44 heavy (non-hydrogen) atoms. The molecule has 0 aliphatic carbocycles. The third kappa shape index (κ3) is 6.82. The summed E-state index contributed by atoms with van der Waals surface area (Å²) in [5.41, 5.74) is 8.46. The average molecular weight is 630 g/mol. The SMILES string of the molecule is CCOC(=O)c1c(-c2ccccc2)csc1NC(=O)COC(=O)c1ccc(N2C(=O)CC(Sc3cccc(N)c3)C2=O)cc1. The van der Waals surface area contributed by atoms with Crippen molar-refractivity contribution in [2.24, 2.45) is 0 Å². The predicted molar refractivity (Wildman–Crippen MR) is 169 cm³/mol. The third-order valence-electron chi connectivity index (χ3n) is 6.55. The molecule has 224 valence electrons. The number of benzene rings is 3. The monoisotopic (exact) mass is 629 g/mol. The van der Waals surface area contributed by atoms with Crippen LogP contribution < -0.4 is 16.0 Å². The zero-order valence-electron chi connectivity index (χ0n) is 23.5. The lowest BCUT2D eigenvalue weighted by Gasteiger charge is -2.15. The molecule has 3 aromatic carbocycles. The molecule has 3 amide bonds. The number of carbonyl (C=O) groups is 5. The summed E-state index contributed by atoms with van der Waals surface area (Å²) in [4.78, 5) is 65.7. The molecule has 2 heterocycles. The zero-order valence-corrected chi connectivity index (χ0v) is 25.1. The zero-order chi connectivity index (χ0) is 31.2. The number of hydrogen-bond donors (Lipinski definition) is 2. The highest BCUT2D eigenvalue weighted by molar-refractivity contribution is 8.00. The van der Waals surface area contributed by atoms with Crippen LogP contribution in [-0.2, 0) is 23.9 Å². The van der Waals surface area contributed by atoms with Crippen molar-refractivity contribution in [2.45, 2.75) is 23.5 Å². The van der Waals surface area contributed by atoms with Crippen molar-refractivity contribution in [1.82, 2.24) is 0 Å². The lowest BCUT2D eigenvalue weighted by atomic mass is 10.0. The minimum atomic E-state index is -0.775. The molecule has 1 aliphatic heterocycles. The molecule has 1 saturated heterocycles. The topological polar surface area (TPSA) is 145 Å². The Labute approximate surface area is 261 Å². The molecule has 3 N–H and O–H groups in total. The maximum Gasteiger partial charge on any atom is 0.341 e. The lowest BCUT2D eigenvalue weighted by Crippen LogP contribution is -2.31. The standard InChI is InChI=1S/C32H27N3O7S2/c1-2-41-32(40)28-24(19-7-4-3-5-8-19)18-43-29(28)34-26(36)17-42-31(39)20-11-13-22(14-12-20)35-27(37)16-25(30(35)38)44-23-10-6-9-21(33)15-23/h3-15,18,25H,2,16-17,33H2,1H3,(H,34,36). The fourth-order valence-corrected chi connectivity index (χ4v) is 6.62. The van der Waals surface area contributed by atoms with E-state index in [2.05, 4.69) is 5.32 Å². The number of nitrogens with zero attached hydrogens (tertiary/aromatic N) is 1. The van der Waals surface area contributed by atoms with Crippen molar-refractivity contribution in [1.29, 1.82) is 0 Å². The van der Waals surface area contributed by atoms with Gasteiger partial charge in [-0.2, -0.15) is 0 Å². The summed E-state index contributed by atoms with van der Waals surface area (Å²) < 4.78 is 10.4. The molecule has 10 nitrogen and oxygen atoms in total. The number of amides is 3. The minimum absolute atomic E-state index is 0.0339. The lowest BCUT2D eigenvalue weighted by molar-refractivity contribution is -0.121. The molecule has 0 bridgehead atoms. The van der Waals surface area contributed by atoms with Crippen molar-refractivity contribution in [2.75, 3.05) is 29.2 Å². The van der Waals surface area contributed by atoms with Gasteiger partial charge in [0, 0.05) is 27.9 Å². The Bertz CT molecular complexity index is 1720. The summed E-state index contributed by atoms with van der Waals surface area (Å²) in [7, 11) is 0. The van der Waals surface area contributed by atoms with E-state index in [-0.39, 0.29) is 41.0 Å². The number of nitrogens with one attached hydrogen (secondary N) is 1. The van der Waals surface area contributed by atoms with E-state index >= 15 is 0 Å². The van der Waals surface area contributed by atoms with E-state index in [1.807, 2.05) is 36.4 Å². The first-order chi connectivity index (χ1) is 21.2. The van der Waals surface area contributed by atoms with Gasteiger partial charge in [-0.15, -0.1) is 23.1 Å². The highest BCUT2D eigenvalue weighted by atomic mass is 32.2. The Morgan fingerprint density at radius 1 is 0.977 bits per heavy atom. The van der Waals surface area contributed by atoms with Gasteiger partial charge in [-0.25, -0.2) is 14.5 Å². The first-order valence-corrected chi connectivity index (χ1v) is 15.3. The number of imide groups is 1. The summed E-state index contributed by atoms with van der Waals surface area (Å²) in [6.45, 7) is 1.25. The van der Waals surface area contributed by atoms with Crippen LogP contribution in [0, 0.1) is 0 Å². The minimum Gasteiger partial charge on any atom is -0.462 e. The van der Waals surface area contributed by atoms with Crippen LogP contribution in [0.3, 0.4) is 0 Å². The maximum absolute atomic E-state index is 13.0. The van der Waals surface area contributed by atoms with Gasteiger partial charge in [-0.3, -0.25) is 14.4 Å². The normalized spacial score (nSPS) is 14.4. The molecule has 1 aliphatic rings. The third-order valence-corrected chi connectivity index (χ3v) is 8.62. The molecule has 0 radical (unpaired) electrons. The number of esters is 2. The number of rotatable bonds is 10. The number of ether oxygens (including phenoxy) is 2. The number of thioether (sulfide) groups is 1. The first-order valence-electron chi connectivity index (χ1n) is 13.5. The second-order valence-electron chi connectivity index (χ2n) is 9.56. The van der Waals surface area contributed by atoms with E-state index in [1.165, 1.54) is 36.0 Å².